The van der Waals surface area contributed by atoms with Gasteiger partial charge in [-0.2, -0.15) is 0 Å². The van der Waals surface area contributed by atoms with Crippen LogP contribution in [0, 0.1) is 12.8 Å². The van der Waals surface area contributed by atoms with Crippen LogP contribution in [0.15, 0.2) is 48.5 Å². The minimum Gasteiger partial charge on any atom is -0.508 e. The standard InChI is InChI=1S/C31H38N2O3/c1-21-4-3-5-22(16-21)8-11-29(35)32(2)25-12-13-31(36)28-17-24-9-10-26(34)18-27(24)30(31,19-25)14-15-33(28)20-23-6-7-23/h3-5,8-11,16,18,23,25,28,34,36H,6-7,12-15,17,19-20H2,1-2H3/b11-8+/t25?,28-,30-,31-/m1/s1. The first-order chi connectivity index (χ1) is 17.3. The summed E-state index contributed by atoms with van der Waals surface area (Å²) in [6.07, 6.45) is 10.1. The highest BCUT2D eigenvalue weighted by atomic mass is 16.3. The quantitative estimate of drug-likeness (QED) is 0.614. The number of phenols is 1. The van der Waals surface area contributed by atoms with Gasteiger partial charge in [0.15, 0.2) is 0 Å². The fourth-order valence-corrected chi connectivity index (χ4v) is 7.50. The molecule has 2 saturated carbocycles. The number of carbonyl (C=O) groups excluding carboxylic acids is 1. The number of amides is 1. The Morgan fingerprint density at radius 1 is 1.17 bits per heavy atom. The molecule has 3 fully saturated rings. The van der Waals surface area contributed by atoms with Crippen molar-refractivity contribution < 1.29 is 15.0 Å². The van der Waals surface area contributed by atoms with Gasteiger partial charge in [-0.25, -0.2) is 0 Å². The summed E-state index contributed by atoms with van der Waals surface area (Å²) in [5.74, 6) is 1.04. The molecule has 5 nitrogen and oxygen atoms in total. The van der Waals surface area contributed by atoms with Gasteiger partial charge in [-0.15, -0.1) is 0 Å². The highest BCUT2D eigenvalue weighted by Crippen LogP contribution is 2.59. The summed E-state index contributed by atoms with van der Waals surface area (Å²) < 4.78 is 0. The van der Waals surface area contributed by atoms with Crippen LogP contribution in [-0.4, -0.2) is 63.7 Å². The summed E-state index contributed by atoms with van der Waals surface area (Å²) >= 11 is 0. The van der Waals surface area contributed by atoms with Crippen LogP contribution in [0.3, 0.4) is 0 Å². The predicted octanol–water partition coefficient (Wildman–Crippen LogP) is 4.43. The van der Waals surface area contributed by atoms with Gasteiger partial charge in [-0.3, -0.25) is 9.69 Å². The van der Waals surface area contributed by atoms with E-state index in [2.05, 4.69) is 30.0 Å². The molecule has 4 aliphatic rings. The number of hydrogen-bond donors (Lipinski definition) is 2. The Hall–Kier alpha value is -2.63. The van der Waals surface area contributed by atoms with Crippen molar-refractivity contribution in [2.75, 3.05) is 20.1 Å². The number of aromatic hydroxyl groups is 1. The Balaban J connectivity index is 1.30. The summed E-state index contributed by atoms with van der Waals surface area (Å²) in [4.78, 5) is 17.7. The maximum Gasteiger partial charge on any atom is 0.246 e. The minimum absolute atomic E-state index is 0.00185. The summed E-state index contributed by atoms with van der Waals surface area (Å²) in [6.45, 7) is 4.11. The average Bonchev–Trinajstić information content (AvgIpc) is 3.68. The number of aryl methyl sites for hydroxylation is 1. The van der Waals surface area contributed by atoms with Crippen molar-refractivity contribution in [2.24, 2.45) is 5.92 Å². The van der Waals surface area contributed by atoms with Crippen LogP contribution >= 0.6 is 0 Å². The third-order valence-electron chi connectivity index (χ3n) is 9.66. The molecule has 6 rings (SSSR count). The number of fused-ring (bicyclic) bond motifs is 1. The van der Waals surface area contributed by atoms with E-state index in [1.165, 1.54) is 24.0 Å². The van der Waals surface area contributed by atoms with Gasteiger partial charge in [0, 0.05) is 37.2 Å². The Morgan fingerprint density at radius 3 is 2.78 bits per heavy atom. The molecule has 0 spiro atoms. The van der Waals surface area contributed by atoms with E-state index in [4.69, 9.17) is 0 Å². The normalized spacial score (nSPS) is 31.6. The van der Waals surface area contributed by atoms with E-state index < -0.39 is 11.0 Å². The number of likely N-dealkylation sites (tertiary alicyclic amines) is 1. The molecule has 2 aromatic rings. The number of aliphatic hydroxyl groups is 1. The molecule has 0 aromatic heterocycles. The third kappa shape index (κ3) is 3.88. The molecule has 36 heavy (non-hydrogen) atoms. The number of piperidine rings is 1. The highest BCUT2D eigenvalue weighted by molar-refractivity contribution is 5.91. The zero-order chi connectivity index (χ0) is 25.1. The topological polar surface area (TPSA) is 64.0 Å². The maximum atomic E-state index is 13.2. The van der Waals surface area contributed by atoms with E-state index in [9.17, 15) is 15.0 Å². The van der Waals surface area contributed by atoms with Gasteiger partial charge in [-0.1, -0.05) is 35.9 Å². The SMILES string of the molecule is Cc1cccc(/C=C/C(=O)N(C)C2CC[C@@]3(O)[C@H]4Cc5ccc(O)cc5[C@@]3(CCN4CC3CC3)C2)c1. The number of likely N-dealkylation sites (N-methyl/N-ethyl adjacent to an activating group) is 1. The number of rotatable bonds is 5. The molecule has 2 aromatic carbocycles. The van der Waals surface area contributed by atoms with Crippen molar-refractivity contribution >= 4 is 12.0 Å². The molecule has 1 saturated heterocycles. The first kappa shape index (κ1) is 23.7. The van der Waals surface area contributed by atoms with Gasteiger partial charge < -0.3 is 15.1 Å². The molecule has 1 amide bonds. The molecule has 3 aliphatic carbocycles. The molecule has 5 heteroatoms. The number of benzene rings is 2. The van der Waals surface area contributed by atoms with Crippen LogP contribution in [0.4, 0.5) is 0 Å². The lowest BCUT2D eigenvalue weighted by Gasteiger charge is -2.65. The van der Waals surface area contributed by atoms with Gasteiger partial charge in [0.05, 0.1) is 5.60 Å². The molecular formula is C31H38N2O3. The Labute approximate surface area is 214 Å². The summed E-state index contributed by atoms with van der Waals surface area (Å²) in [5, 5.41) is 22.9. The van der Waals surface area contributed by atoms with Crippen molar-refractivity contribution in [1.82, 2.24) is 9.80 Å². The fraction of sp³-hybridized carbons (Fsp3) is 0.516. The second-order valence-electron chi connectivity index (χ2n) is 11.8. The molecular weight excluding hydrogens is 448 g/mol. The second-order valence-corrected chi connectivity index (χ2v) is 11.8. The van der Waals surface area contributed by atoms with E-state index in [-0.39, 0.29) is 23.7 Å². The van der Waals surface area contributed by atoms with Crippen molar-refractivity contribution in [3.8, 4) is 5.75 Å². The van der Waals surface area contributed by atoms with Crippen LogP contribution < -0.4 is 0 Å². The summed E-state index contributed by atoms with van der Waals surface area (Å²) in [6, 6.07) is 14.0. The second kappa shape index (κ2) is 8.74. The number of carbonyl (C=O) groups is 1. The van der Waals surface area contributed by atoms with E-state index in [0.717, 1.165) is 55.8 Å². The molecule has 1 heterocycles. The third-order valence-corrected chi connectivity index (χ3v) is 9.66. The number of nitrogens with zero attached hydrogens (tertiary/aromatic N) is 2. The first-order valence-electron chi connectivity index (χ1n) is 13.6. The lowest BCUT2D eigenvalue weighted by Crippen LogP contribution is -2.74. The van der Waals surface area contributed by atoms with Crippen LogP contribution in [0.25, 0.3) is 6.08 Å². The van der Waals surface area contributed by atoms with Crippen LogP contribution in [0.2, 0.25) is 0 Å². The fourth-order valence-electron chi connectivity index (χ4n) is 7.50. The largest absolute Gasteiger partial charge is 0.508 e. The molecule has 2 N–H and O–H groups in total. The van der Waals surface area contributed by atoms with Crippen LogP contribution in [-0.2, 0) is 16.6 Å². The smallest absolute Gasteiger partial charge is 0.246 e. The summed E-state index contributed by atoms with van der Waals surface area (Å²) in [7, 11) is 1.90. The minimum atomic E-state index is -0.835. The highest BCUT2D eigenvalue weighted by Gasteiger charge is 2.65. The van der Waals surface area contributed by atoms with Gasteiger partial charge in [0.25, 0.3) is 0 Å². The van der Waals surface area contributed by atoms with Crippen molar-refractivity contribution in [3.05, 3.63) is 70.8 Å². The molecule has 190 valence electrons. The van der Waals surface area contributed by atoms with Gasteiger partial charge >= 0.3 is 0 Å². The van der Waals surface area contributed by atoms with E-state index in [1.807, 2.05) is 36.2 Å². The Kier molecular flexibility index (Phi) is 5.77. The first-order valence-corrected chi connectivity index (χ1v) is 13.6. The molecule has 1 aliphatic heterocycles. The molecule has 0 radical (unpaired) electrons. The lowest BCUT2D eigenvalue weighted by molar-refractivity contribution is -0.177. The van der Waals surface area contributed by atoms with E-state index in [0.29, 0.717) is 6.42 Å². The zero-order valence-electron chi connectivity index (χ0n) is 21.5. The average molecular weight is 487 g/mol. The van der Waals surface area contributed by atoms with Gasteiger partial charge in [-0.05, 0) is 99.2 Å². The summed E-state index contributed by atoms with van der Waals surface area (Å²) in [5.41, 5.74) is 3.27. The van der Waals surface area contributed by atoms with Crippen LogP contribution in [0.5, 0.6) is 5.75 Å². The zero-order valence-corrected chi connectivity index (χ0v) is 21.5. The molecule has 4 atom stereocenters. The monoisotopic (exact) mass is 486 g/mol. The molecule has 2 bridgehead atoms. The Morgan fingerprint density at radius 2 is 2.00 bits per heavy atom. The van der Waals surface area contributed by atoms with Crippen molar-refractivity contribution in [3.63, 3.8) is 0 Å². The van der Waals surface area contributed by atoms with E-state index >= 15 is 0 Å². The van der Waals surface area contributed by atoms with Crippen molar-refractivity contribution in [2.45, 2.75) is 75.0 Å². The lowest BCUT2D eigenvalue weighted by atomic mass is 9.48. The molecule has 1 unspecified atom stereocenters. The van der Waals surface area contributed by atoms with E-state index in [1.54, 1.807) is 12.1 Å². The predicted molar refractivity (Wildman–Crippen MR) is 142 cm³/mol. The van der Waals surface area contributed by atoms with Crippen molar-refractivity contribution in [1.29, 1.82) is 0 Å². The van der Waals surface area contributed by atoms with Gasteiger partial charge in [0.1, 0.15) is 5.75 Å². The van der Waals surface area contributed by atoms with Crippen LogP contribution in [0.1, 0.15) is 60.8 Å². The maximum absolute atomic E-state index is 13.2. The Bertz CT molecular complexity index is 1200. The van der Waals surface area contributed by atoms with Gasteiger partial charge in [0.2, 0.25) is 5.91 Å². The number of hydrogen-bond acceptors (Lipinski definition) is 4. The number of phenolic OH excluding ortho intramolecular Hbond substituents is 1.